The molecule has 108 valence electrons. The summed E-state index contributed by atoms with van der Waals surface area (Å²) in [5, 5.41) is 0. The second kappa shape index (κ2) is 5.31. The van der Waals surface area contributed by atoms with Gasteiger partial charge in [-0.05, 0) is 43.5 Å². The summed E-state index contributed by atoms with van der Waals surface area (Å²) in [4.78, 5) is 2.77. The molecule has 1 heteroatoms. The van der Waals surface area contributed by atoms with Crippen molar-refractivity contribution in [2.75, 3.05) is 13.1 Å². The fourth-order valence-electron chi connectivity index (χ4n) is 4.20. The Labute approximate surface area is 127 Å². The van der Waals surface area contributed by atoms with E-state index in [4.69, 9.17) is 0 Å². The van der Waals surface area contributed by atoms with E-state index >= 15 is 0 Å². The molecule has 2 fully saturated rings. The van der Waals surface area contributed by atoms with Crippen molar-refractivity contribution in [2.24, 2.45) is 0 Å². The molecule has 21 heavy (non-hydrogen) atoms. The van der Waals surface area contributed by atoms with Crippen LogP contribution in [0.5, 0.6) is 0 Å². The maximum atomic E-state index is 2.77. The third-order valence-corrected chi connectivity index (χ3v) is 5.33. The lowest BCUT2D eigenvalue weighted by molar-refractivity contribution is 0.140. The Balaban J connectivity index is 1.71. The van der Waals surface area contributed by atoms with Crippen molar-refractivity contribution in [1.29, 1.82) is 0 Å². The van der Waals surface area contributed by atoms with Crippen LogP contribution in [0.15, 0.2) is 60.7 Å². The van der Waals surface area contributed by atoms with Crippen molar-refractivity contribution in [2.45, 2.75) is 37.1 Å². The van der Waals surface area contributed by atoms with Gasteiger partial charge in [-0.25, -0.2) is 0 Å². The number of nitrogens with zero attached hydrogens (tertiary/aromatic N) is 1. The summed E-state index contributed by atoms with van der Waals surface area (Å²) in [5.41, 5.74) is 3.29. The molecule has 2 aromatic rings. The largest absolute Gasteiger partial charge is 0.293 e. The molecule has 2 aromatic carbocycles. The minimum atomic E-state index is 0.267. The normalized spacial score (nSPS) is 29.2. The van der Waals surface area contributed by atoms with Crippen molar-refractivity contribution in [3.05, 3.63) is 71.8 Å². The topological polar surface area (TPSA) is 3.24 Å². The summed E-state index contributed by atoms with van der Waals surface area (Å²) in [5.74, 6) is 0.666. The Hall–Kier alpha value is -1.60. The quantitative estimate of drug-likeness (QED) is 0.795. The van der Waals surface area contributed by atoms with E-state index in [1.165, 1.54) is 49.9 Å². The summed E-state index contributed by atoms with van der Waals surface area (Å²) in [6.45, 7) is 2.52. The lowest BCUT2D eigenvalue weighted by atomic mass is 9.94. The van der Waals surface area contributed by atoms with Crippen LogP contribution in [0.1, 0.15) is 42.7 Å². The SMILES string of the molecule is c1ccc(C2CC2(c2ccccc2)N2CCCCC2)cc1. The molecule has 1 heterocycles. The highest BCUT2D eigenvalue weighted by atomic mass is 15.2. The standard InChI is InChI=1S/C20H23N/c1-4-10-17(11-5-1)19-16-20(19,18-12-6-2-7-13-18)21-14-8-3-9-15-21/h1-2,4-7,10-13,19H,3,8-9,14-16H2. The number of rotatable bonds is 3. The first-order valence-corrected chi connectivity index (χ1v) is 8.27. The lowest BCUT2D eigenvalue weighted by Crippen LogP contribution is -2.40. The maximum Gasteiger partial charge on any atom is 0.0536 e. The Bertz CT molecular complexity index is 586. The summed E-state index contributed by atoms with van der Waals surface area (Å²) in [6.07, 6.45) is 5.39. The van der Waals surface area contributed by atoms with Crippen LogP contribution >= 0.6 is 0 Å². The van der Waals surface area contributed by atoms with Gasteiger partial charge in [0, 0.05) is 5.92 Å². The van der Waals surface area contributed by atoms with Crippen LogP contribution in [0.4, 0.5) is 0 Å². The molecule has 0 N–H and O–H groups in total. The molecule has 0 radical (unpaired) electrons. The van der Waals surface area contributed by atoms with E-state index in [0.717, 1.165) is 0 Å². The average molecular weight is 277 g/mol. The first-order valence-electron chi connectivity index (χ1n) is 8.27. The van der Waals surface area contributed by atoms with Crippen molar-refractivity contribution >= 4 is 0 Å². The second-order valence-electron chi connectivity index (χ2n) is 6.51. The van der Waals surface area contributed by atoms with Gasteiger partial charge < -0.3 is 0 Å². The van der Waals surface area contributed by atoms with Gasteiger partial charge in [0.2, 0.25) is 0 Å². The minimum Gasteiger partial charge on any atom is -0.293 e. The Morgan fingerprint density at radius 2 is 1.38 bits per heavy atom. The third kappa shape index (κ3) is 2.20. The van der Waals surface area contributed by atoms with Crippen molar-refractivity contribution in [1.82, 2.24) is 4.90 Å². The Kier molecular flexibility index (Phi) is 3.31. The molecular weight excluding hydrogens is 254 g/mol. The van der Waals surface area contributed by atoms with E-state index in [1.54, 1.807) is 0 Å². The molecule has 1 nitrogen and oxygen atoms in total. The number of hydrogen-bond acceptors (Lipinski definition) is 1. The molecule has 1 aliphatic carbocycles. The zero-order valence-electron chi connectivity index (χ0n) is 12.5. The molecule has 4 rings (SSSR count). The van der Waals surface area contributed by atoms with Gasteiger partial charge in [-0.2, -0.15) is 0 Å². The molecular formula is C20H23N. The second-order valence-corrected chi connectivity index (χ2v) is 6.51. The Morgan fingerprint density at radius 3 is 2.05 bits per heavy atom. The molecule has 2 aliphatic rings. The molecule has 0 amide bonds. The predicted molar refractivity (Wildman–Crippen MR) is 87.3 cm³/mol. The van der Waals surface area contributed by atoms with Gasteiger partial charge in [0.1, 0.15) is 0 Å². The highest BCUT2D eigenvalue weighted by Gasteiger charge is 2.59. The first-order chi connectivity index (χ1) is 10.4. The van der Waals surface area contributed by atoms with E-state index in [1.807, 2.05) is 0 Å². The molecule has 1 saturated carbocycles. The number of hydrogen-bond donors (Lipinski definition) is 0. The zero-order valence-corrected chi connectivity index (χ0v) is 12.5. The van der Waals surface area contributed by atoms with Crippen LogP contribution in [-0.2, 0) is 5.54 Å². The monoisotopic (exact) mass is 277 g/mol. The van der Waals surface area contributed by atoms with Gasteiger partial charge in [-0.15, -0.1) is 0 Å². The van der Waals surface area contributed by atoms with Crippen LogP contribution < -0.4 is 0 Å². The van der Waals surface area contributed by atoms with E-state index in [-0.39, 0.29) is 5.54 Å². The van der Waals surface area contributed by atoms with E-state index < -0.39 is 0 Å². The minimum absolute atomic E-state index is 0.267. The fourth-order valence-corrected chi connectivity index (χ4v) is 4.20. The Morgan fingerprint density at radius 1 is 0.762 bits per heavy atom. The van der Waals surface area contributed by atoms with Gasteiger partial charge in [0.15, 0.2) is 0 Å². The van der Waals surface area contributed by atoms with Gasteiger partial charge >= 0.3 is 0 Å². The zero-order chi connectivity index (χ0) is 14.1. The van der Waals surface area contributed by atoms with E-state index in [9.17, 15) is 0 Å². The van der Waals surface area contributed by atoms with Crippen LogP contribution in [0.2, 0.25) is 0 Å². The number of benzene rings is 2. The molecule has 2 unspecified atom stereocenters. The van der Waals surface area contributed by atoms with E-state index in [2.05, 4.69) is 65.6 Å². The van der Waals surface area contributed by atoms with Gasteiger partial charge in [-0.3, -0.25) is 4.90 Å². The van der Waals surface area contributed by atoms with E-state index in [0.29, 0.717) is 5.92 Å². The first kappa shape index (κ1) is 13.1. The molecule has 2 atom stereocenters. The van der Waals surface area contributed by atoms with Gasteiger partial charge in [0.05, 0.1) is 5.54 Å². The molecule has 1 saturated heterocycles. The van der Waals surface area contributed by atoms with Gasteiger partial charge in [-0.1, -0.05) is 67.1 Å². The molecule has 0 bridgehead atoms. The summed E-state index contributed by atoms with van der Waals surface area (Å²) < 4.78 is 0. The summed E-state index contributed by atoms with van der Waals surface area (Å²) in [7, 11) is 0. The van der Waals surface area contributed by atoms with Crippen LogP contribution in [0.25, 0.3) is 0 Å². The molecule has 1 aliphatic heterocycles. The fraction of sp³-hybridized carbons (Fsp3) is 0.400. The molecule has 0 spiro atoms. The summed E-state index contributed by atoms with van der Waals surface area (Å²) in [6, 6.07) is 22.3. The lowest BCUT2D eigenvalue weighted by Gasteiger charge is -2.36. The average Bonchev–Trinajstić information content (AvgIpc) is 3.34. The maximum absolute atomic E-state index is 2.77. The number of likely N-dealkylation sites (tertiary alicyclic amines) is 1. The van der Waals surface area contributed by atoms with Crippen LogP contribution in [-0.4, -0.2) is 18.0 Å². The van der Waals surface area contributed by atoms with Crippen molar-refractivity contribution in [3.8, 4) is 0 Å². The highest BCUT2D eigenvalue weighted by molar-refractivity contribution is 5.42. The van der Waals surface area contributed by atoms with Crippen molar-refractivity contribution in [3.63, 3.8) is 0 Å². The van der Waals surface area contributed by atoms with Gasteiger partial charge in [0.25, 0.3) is 0 Å². The molecule has 0 aromatic heterocycles. The smallest absolute Gasteiger partial charge is 0.0536 e. The highest BCUT2D eigenvalue weighted by Crippen LogP contribution is 2.62. The van der Waals surface area contributed by atoms with Crippen LogP contribution in [0.3, 0.4) is 0 Å². The predicted octanol–water partition coefficient (Wildman–Crippen LogP) is 4.56. The van der Waals surface area contributed by atoms with Crippen LogP contribution in [0, 0.1) is 0 Å². The van der Waals surface area contributed by atoms with Crippen molar-refractivity contribution < 1.29 is 0 Å². The number of piperidine rings is 1. The third-order valence-electron chi connectivity index (χ3n) is 5.33. The summed E-state index contributed by atoms with van der Waals surface area (Å²) >= 11 is 0.